The van der Waals surface area contributed by atoms with Crippen LogP contribution in [0.5, 0.6) is 0 Å². The van der Waals surface area contributed by atoms with Crippen molar-refractivity contribution in [3.8, 4) is 0 Å². The molecule has 0 aromatic heterocycles. The second kappa shape index (κ2) is 7.09. The molecule has 0 bridgehead atoms. The van der Waals surface area contributed by atoms with Crippen LogP contribution in [0, 0.1) is 58.2 Å². The Bertz CT molecular complexity index is 909. The highest BCUT2D eigenvalue weighted by Crippen LogP contribution is 2.33. The summed E-state index contributed by atoms with van der Waals surface area (Å²) in [7, 11) is 0. The maximum atomic E-state index is 13.8. The zero-order chi connectivity index (χ0) is 20.8. The average molecular weight is 424 g/mol. The highest BCUT2D eigenvalue weighted by molar-refractivity contribution is 7.80. The van der Waals surface area contributed by atoms with Gasteiger partial charge in [0, 0.05) is 0 Å². The number of anilines is 2. The summed E-state index contributed by atoms with van der Waals surface area (Å²) >= 11 is 4.06. The normalized spacial score (nSPS) is 10.9. The summed E-state index contributed by atoms with van der Waals surface area (Å²) < 4.78 is 134. The van der Waals surface area contributed by atoms with Gasteiger partial charge in [0.1, 0.15) is 11.4 Å². The van der Waals surface area contributed by atoms with Gasteiger partial charge < -0.3 is 5.11 Å². The quantitative estimate of drug-likeness (QED) is 0.245. The molecule has 0 atom stereocenters. The lowest BCUT2D eigenvalue weighted by atomic mass is 10.2. The van der Waals surface area contributed by atoms with E-state index in [1.54, 1.807) is 0 Å². The first-order valence-corrected chi connectivity index (χ1v) is 6.65. The van der Waals surface area contributed by atoms with E-state index in [1.165, 1.54) is 0 Å². The fraction of sp³-hybridized carbons (Fsp3) is 0. The van der Waals surface area contributed by atoms with Crippen LogP contribution in [0.4, 0.5) is 55.3 Å². The van der Waals surface area contributed by atoms with Crippen molar-refractivity contribution in [2.45, 2.75) is 0 Å². The summed E-state index contributed by atoms with van der Waals surface area (Å²) in [4.78, 5) is 0. The van der Waals surface area contributed by atoms with Crippen LogP contribution in [0.3, 0.4) is 0 Å². The summed E-state index contributed by atoms with van der Waals surface area (Å²) in [5.41, 5.74) is -2.96. The van der Waals surface area contributed by atoms with Gasteiger partial charge in [0.25, 0.3) is 5.17 Å². The molecule has 2 rings (SSSR count). The van der Waals surface area contributed by atoms with Crippen molar-refractivity contribution in [3.63, 3.8) is 0 Å². The van der Waals surface area contributed by atoms with E-state index in [1.807, 2.05) is 0 Å². The minimum Gasteiger partial charge on any atom is -0.485 e. The van der Waals surface area contributed by atoms with Crippen molar-refractivity contribution < 1.29 is 49.0 Å². The first kappa shape index (κ1) is 20.5. The molecule has 0 aliphatic heterocycles. The Balaban J connectivity index is 2.73. The van der Waals surface area contributed by atoms with Gasteiger partial charge in [0.05, 0.1) is 0 Å². The van der Waals surface area contributed by atoms with Gasteiger partial charge in [-0.3, -0.25) is 5.43 Å². The lowest BCUT2D eigenvalue weighted by Crippen LogP contribution is -2.38. The molecule has 0 radical (unpaired) electrons. The maximum absolute atomic E-state index is 13.8. The number of aliphatic hydroxyl groups is 1. The van der Waals surface area contributed by atoms with Crippen molar-refractivity contribution in [2.24, 2.45) is 0 Å². The molecule has 2 aromatic carbocycles. The van der Waals surface area contributed by atoms with E-state index in [4.69, 9.17) is 0 Å². The Kier molecular flexibility index (Phi) is 5.40. The Morgan fingerprint density at radius 1 is 0.593 bits per heavy atom. The van der Waals surface area contributed by atoms with Crippen LogP contribution in [-0.2, 0) is 0 Å². The number of hydrogen-bond acceptors (Lipinski definition) is 2. The SMILES string of the molecule is OC(=S)N(Nc1c(F)c(F)c(F)c(F)c1F)c1c(F)c(F)c(F)c(F)c1F. The molecular formula is C13H2F10N2OS. The summed E-state index contributed by atoms with van der Waals surface area (Å²) in [6, 6.07) is 0. The minimum atomic E-state index is -2.62. The van der Waals surface area contributed by atoms with E-state index in [2.05, 4.69) is 12.2 Å². The van der Waals surface area contributed by atoms with Crippen LogP contribution in [-0.4, -0.2) is 10.3 Å². The van der Waals surface area contributed by atoms with Crippen molar-refractivity contribution in [2.75, 3.05) is 10.4 Å². The summed E-state index contributed by atoms with van der Waals surface area (Å²) in [5, 5.41) is 6.75. The molecular weight excluding hydrogens is 422 g/mol. The molecule has 0 saturated heterocycles. The third-order valence-corrected chi connectivity index (χ3v) is 3.22. The highest BCUT2D eigenvalue weighted by atomic mass is 32.1. The van der Waals surface area contributed by atoms with E-state index in [0.29, 0.717) is 0 Å². The van der Waals surface area contributed by atoms with E-state index in [-0.39, 0.29) is 0 Å². The first-order valence-electron chi connectivity index (χ1n) is 6.24. The molecule has 27 heavy (non-hydrogen) atoms. The number of aliphatic hydroxyl groups excluding tert-OH is 1. The number of thiocarbonyl (C=S) groups is 1. The summed E-state index contributed by atoms with van der Waals surface area (Å²) in [5.74, 6) is -25.7. The second-order valence-electron chi connectivity index (χ2n) is 4.59. The van der Waals surface area contributed by atoms with Crippen LogP contribution >= 0.6 is 12.2 Å². The Morgan fingerprint density at radius 3 is 1.22 bits per heavy atom. The molecule has 0 spiro atoms. The summed E-state index contributed by atoms with van der Waals surface area (Å²) in [6.07, 6.45) is 0. The van der Waals surface area contributed by atoms with Gasteiger partial charge in [0.15, 0.2) is 46.5 Å². The second-order valence-corrected chi connectivity index (χ2v) is 4.96. The van der Waals surface area contributed by atoms with Gasteiger partial charge in [0.2, 0.25) is 11.6 Å². The number of nitrogens with one attached hydrogen (secondary N) is 1. The van der Waals surface area contributed by atoms with Crippen molar-refractivity contribution in [1.82, 2.24) is 0 Å². The molecule has 2 N–H and O–H groups in total. The fourth-order valence-electron chi connectivity index (χ4n) is 1.80. The largest absolute Gasteiger partial charge is 0.485 e. The Hall–Kier alpha value is -2.77. The number of nitrogens with zero attached hydrogens (tertiary/aromatic N) is 1. The molecule has 2 aromatic rings. The molecule has 3 nitrogen and oxygen atoms in total. The van der Waals surface area contributed by atoms with Gasteiger partial charge >= 0.3 is 0 Å². The third kappa shape index (κ3) is 3.20. The van der Waals surface area contributed by atoms with Gasteiger partial charge in [-0.25, -0.2) is 48.9 Å². The molecule has 0 aliphatic rings. The molecule has 0 amide bonds. The number of benzene rings is 2. The lowest BCUT2D eigenvalue weighted by molar-refractivity contribution is 0.377. The van der Waals surface area contributed by atoms with Crippen molar-refractivity contribution in [1.29, 1.82) is 0 Å². The molecule has 0 heterocycles. The molecule has 146 valence electrons. The molecule has 0 fully saturated rings. The number of hydrogen-bond donors (Lipinski definition) is 2. The topological polar surface area (TPSA) is 35.5 Å². The zero-order valence-corrected chi connectivity index (χ0v) is 12.9. The van der Waals surface area contributed by atoms with Crippen LogP contribution in [0.25, 0.3) is 0 Å². The van der Waals surface area contributed by atoms with Gasteiger partial charge in [-0.15, -0.1) is 0 Å². The molecule has 0 aliphatic carbocycles. The van der Waals surface area contributed by atoms with Crippen LogP contribution in [0.1, 0.15) is 0 Å². The molecule has 14 heteroatoms. The zero-order valence-electron chi connectivity index (χ0n) is 12.1. The van der Waals surface area contributed by atoms with Crippen molar-refractivity contribution >= 4 is 28.8 Å². The molecule has 0 unspecified atom stereocenters. The lowest BCUT2D eigenvalue weighted by Gasteiger charge is -2.25. The Morgan fingerprint density at radius 2 is 0.889 bits per heavy atom. The van der Waals surface area contributed by atoms with E-state index < -0.39 is 79.7 Å². The van der Waals surface area contributed by atoms with E-state index in [0.717, 1.165) is 5.43 Å². The van der Waals surface area contributed by atoms with Gasteiger partial charge in [-0.05, 0) is 12.2 Å². The number of halogens is 10. The number of hydrazine groups is 1. The number of rotatable bonds is 3. The predicted octanol–water partition coefficient (Wildman–Crippen LogP) is 4.75. The molecule has 0 saturated carbocycles. The highest BCUT2D eigenvalue weighted by Gasteiger charge is 2.33. The van der Waals surface area contributed by atoms with E-state index in [9.17, 15) is 49.0 Å². The minimum absolute atomic E-state index is 0.677. The first-order chi connectivity index (χ1) is 12.4. The smallest absolute Gasteiger partial charge is 0.281 e. The Labute approximate surface area is 147 Å². The van der Waals surface area contributed by atoms with Crippen molar-refractivity contribution in [3.05, 3.63) is 58.2 Å². The predicted molar refractivity (Wildman–Crippen MR) is 73.8 cm³/mol. The van der Waals surface area contributed by atoms with Crippen LogP contribution in [0.15, 0.2) is 0 Å². The van der Waals surface area contributed by atoms with Crippen LogP contribution in [0.2, 0.25) is 0 Å². The monoisotopic (exact) mass is 424 g/mol. The average Bonchev–Trinajstić information content (AvgIpc) is 2.63. The fourth-order valence-corrected chi connectivity index (χ4v) is 1.94. The standard InChI is InChI=1S/C13H2F10N2OS/c14-1-3(16)7(20)11(8(21)4(1)17)24-25(13(26)27)12-9(22)5(18)2(15)6(19)10(12)23/h24H,(H,26,27). The summed E-state index contributed by atoms with van der Waals surface area (Å²) in [6.45, 7) is 0. The van der Waals surface area contributed by atoms with Crippen LogP contribution < -0.4 is 10.4 Å². The maximum Gasteiger partial charge on any atom is 0.281 e. The van der Waals surface area contributed by atoms with Gasteiger partial charge in [-0.1, -0.05) is 0 Å². The third-order valence-electron chi connectivity index (χ3n) is 3.03. The van der Waals surface area contributed by atoms with Gasteiger partial charge in [-0.2, -0.15) is 0 Å². The van der Waals surface area contributed by atoms with E-state index >= 15 is 0 Å².